The Kier molecular flexibility index (Phi) is 5.52. The summed E-state index contributed by atoms with van der Waals surface area (Å²) in [6, 6.07) is 9.32. The number of anilines is 1. The lowest BCUT2D eigenvalue weighted by Gasteiger charge is -2.09. The quantitative estimate of drug-likeness (QED) is 0.506. The SMILES string of the molecule is Cc1cc(C)n(-c2ccc(NC(=O)NCCSc3nnnn3C)cc2)n1. The lowest BCUT2D eigenvalue weighted by Crippen LogP contribution is -2.30. The van der Waals surface area contributed by atoms with Crippen molar-refractivity contribution in [2.75, 3.05) is 17.6 Å². The van der Waals surface area contributed by atoms with Crippen molar-refractivity contribution in [2.45, 2.75) is 19.0 Å². The van der Waals surface area contributed by atoms with Crippen LogP contribution in [0.1, 0.15) is 11.4 Å². The molecule has 0 atom stereocenters. The van der Waals surface area contributed by atoms with E-state index in [1.807, 2.05) is 48.9 Å². The second kappa shape index (κ2) is 8.00. The first kappa shape index (κ1) is 17.9. The number of rotatable bonds is 6. The number of aromatic nitrogens is 6. The molecule has 0 saturated carbocycles. The summed E-state index contributed by atoms with van der Waals surface area (Å²) in [4.78, 5) is 12.0. The van der Waals surface area contributed by atoms with Gasteiger partial charge in [-0.05, 0) is 54.6 Å². The van der Waals surface area contributed by atoms with Gasteiger partial charge in [0.05, 0.1) is 11.4 Å². The monoisotopic (exact) mass is 372 g/mol. The molecule has 2 N–H and O–H groups in total. The van der Waals surface area contributed by atoms with Crippen molar-refractivity contribution in [3.63, 3.8) is 0 Å². The van der Waals surface area contributed by atoms with Gasteiger partial charge in [0.1, 0.15) is 0 Å². The Hall–Kier alpha value is -2.88. The number of tetrazole rings is 1. The number of hydrogen-bond acceptors (Lipinski definition) is 6. The smallest absolute Gasteiger partial charge is 0.319 e. The van der Waals surface area contributed by atoms with Gasteiger partial charge in [-0.3, -0.25) is 0 Å². The Morgan fingerprint density at radius 1 is 1.23 bits per heavy atom. The molecule has 3 aromatic rings. The molecule has 0 aliphatic heterocycles. The first-order valence-electron chi connectivity index (χ1n) is 8.06. The number of carbonyl (C=O) groups excluding carboxylic acids is 1. The molecule has 0 fully saturated rings. The lowest BCUT2D eigenvalue weighted by atomic mass is 10.2. The summed E-state index contributed by atoms with van der Waals surface area (Å²) < 4.78 is 3.47. The third-order valence-electron chi connectivity index (χ3n) is 3.58. The largest absolute Gasteiger partial charge is 0.337 e. The number of carbonyl (C=O) groups is 1. The maximum Gasteiger partial charge on any atom is 0.319 e. The zero-order chi connectivity index (χ0) is 18.5. The van der Waals surface area contributed by atoms with Crippen molar-refractivity contribution in [2.24, 2.45) is 7.05 Å². The van der Waals surface area contributed by atoms with Crippen LogP contribution in [0.15, 0.2) is 35.5 Å². The Morgan fingerprint density at radius 3 is 2.62 bits per heavy atom. The topological polar surface area (TPSA) is 103 Å². The van der Waals surface area contributed by atoms with Gasteiger partial charge in [0.15, 0.2) is 0 Å². The molecule has 0 aliphatic rings. The molecular formula is C16H20N8OS. The van der Waals surface area contributed by atoms with Crippen molar-refractivity contribution in [1.29, 1.82) is 0 Å². The number of nitrogens with one attached hydrogen (secondary N) is 2. The van der Waals surface area contributed by atoms with Gasteiger partial charge in [-0.1, -0.05) is 11.8 Å². The summed E-state index contributed by atoms with van der Waals surface area (Å²) in [5.74, 6) is 0.679. The van der Waals surface area contributed by atoms with Crippen LogP contribution in [0.3, 0.4) is 0 Å². The molecule has 0 unspecified atom stereocenters. The zero-order valence-electron chi connectivity index (χ0n) is 14.8. The minimum absolute atomic E-state index is 0.249. The van der Waals surface area contributed by atoms with E-state index in [-0.39, 0.29) is 6.03 Å². The lowest BCUT2D eigenvalue weighted by molar-refractivity contribution is 0.252. The third-order valence-corrected chi connectivity index (χ3v) is 4.59. The maximum absolute atomic E-state index is 12.0. The van der Waals surface area contributed by atoms with Crippen molar-refractivity contribution in [1.82, 2.24) is 35.3 Å². The first-order valence-corrected chi connectivity index (χ1v) is 9.05. The van der Waals surface area contributed by atoms with E-state index in [1.165, 1.54) is 11.8 Å². The molecule has 26 heavy (non-hydrogen) atoms. The molecule has 10 heteroatoms. The second-order valence-corrected chi connectivity index (χ2v) is 6.76. The summed E-state index contributed by atoms with van der Waals surface area (Å²) in [5.41, 5.74) is 3.71. The van der Waals surface area contributed by atoms with Gasteiger partial charge in [0.25, 0.3) is 0 Å². The highest BCUT2D eigenvalue weighted by atomic mass is 32.2. The molecule has 2 heterocycles. The number of hydrogen-bond donors (Lipinski definition) is 2. The van der Waals surface area contributed by atoms with E-state index in [1.54, 1.807) is 11.7 Å². The molecule has 0 spiro atoms. The fraction of sp³-hybridized carbons (Fsp3) is 0.312. The van der Waals surface area contributed by atoms with E-state index in [4.69, 9.17) is 0 Å². The van der Waals surface area contributed by atoms with Gasteiger partial charge in [-0.25, -0.2) is 14.2 Å². The average Bonchev–Trinajstić information content (AvgIpc) is 3.17. The van der Waals surface area contributed by atoms with Crippen molar-refractivity contribution < 1.29 is 4.79 Å². The van der Waals surface area contributed by atoms with Crippen LogP contribution >= 0.6 is 11.8 Å². The third kappa shape index (κ3) is 4.39. The first-order chi connectivity index (χ1) is 12.5. The molecule has 0 radical (unpaired) electrons. The highest BCUT2D eigenvalue weighted by Crippen LogP contribution is 2.15. The van der Waals surface area contributed by atoms with Crippen LogP contribution < -0.4 is 10.6 Å². The van der Waals surface area contributed by atoms with Gasteiger partial charge < -0.3 is 10.6 Å². The summed E-state index contributed by atoms with van der Waals surface area (Å²) in [6.07, 6.45) is 0. The van der Waals surface area contributed by atoms with E-state index in [0.717, 1.165) is 22.8 Å². The summed E-state index contributed by atoms with van der Waals surface area (Å²) in [5, 5.41) is 22.0. The number of benzene rings is 1. The van der Waals surface area contributed by atoms with Gasteiger partial charge in [0, 0.05) is 30.7 Å². The van der Waals surface area contributed by atoms with Crippen LogP contribution in [-0.2, 0) is 7.05 Å². The zero-order valence-corrected chi connectivity index (χ0v) is 15.6. The van der Waals surface area contributed by atoms with Crippen molar-refractivity contribution in [3.8, 4) is 5.69 Å². The van der Waals surface area contributed by atoms with E-state index < -0.39 is 0 Å². The van der Waals surface area contributed by atoms with Crippen LogP contribution in [0.4, 0.5) is 10.5 Å². The average molecular weight is 372 g/mol. The molecule has 2 amide bonds. The summed E-state index contributed by atoms with van der Waals surface area (Å²) in [6.45, 7) is 4.48. The molecule has 3 rings (SSSR count). The van der Waals surface area contributed by atoms with Gasteiger partial charge in [-0.2, -0.15) is 5.10 Å². The predicted molar refractivity (Wildman–Crippen MR) is 99.6 cm³/mol. The van der Waals surface area contributed by atoms with Crippen molar-refractivity contribution >= 4 is 23.5 Å². The van der Waals surface area contributed by atoms with E-state index >= 15 is 0 Å². The molecule has 0 aliphatic carbocycles. The van der Waals surface area contributed by atoms with Crippen LogP contribution in [0.2, 0.25) is 0 Å². The second-order valence-electron chi connectivity index (χ2n) is 5.70. The molecule has 0 saturated heterocycles. The molecule has 1 aromatic carbocycles. The highest BCUT2D eigenvalue weighted by molar-refractivity contribution is 7.99. The van der Waals surface area contributed by atoms with Crippen LogP contribution in [0.25, 0.3) is 5.69 Å². The molecule has 9 nitrogen and oxygen atoms in total. The number of aryl methyl sites for hydroxylation is 3. The van der Waals surface area contributed by atoms with Gasteiger partial charge in [-0.15, -0.1) is 5.10 Å². The summed E-state index contributed by atoms with van der Waals surface area (Å²) >= 11 is 1.48. The number of nitrogens with zero attached hydrogens (tertiary/aromatic N) is 6. The molecular weight excluding hydrogens is 352 g/mol. The molecule has 2 aromatic heterocycles. The number of amides is 2. The Morgan fingerprint density at radius 2 is 2.00 bits per heavy atom. The minimum atomic E-state index is -0.249. The fourth-order valence-electron chi connectivity index (χ4n) is 2.40. The number of thioether (sulfide) groups is 1. The Labute approximate surface area is 155 Å². The molecule has 136 valence electrons. The fourth-order valence-corrected chi connectivity index (χ4v) is 3.11. The molecule has 0 bridgehead atoms. The Bertz CT molecular complexity index is 886. The van der Waals surface area contributed by atoms with Crippen LogP contribution in [0.5, 0.6) is 0 Å². The van der Waals surface area contributed by atoms with E-state index in [2.05, 4.69) is 31.3 Å². The van der Waals surface area contributed by atoms with E-state index in [0.29, 0.717) is 17.5 Å². The normalized spacial score (nSPS) is 10.7. The van der Waals surface area contributed by atoms with Crippen molar-refractivity contribution in [3.05, 3.63) is 41.7 Å². The standard InChI is InChI=1S/C16H20N8OS/c1-11-10-12(2)24(20-11)14-6-4-13(5-7-14)18-15(25)17-8-9-26-16-19-21-22-23(16)3/h4-7,10H,8-9H2,1-3H3,(H2,17,18,25). The highest BCUT2D eigenvalue weighted by Gasteiger charge is 2.06. The minimum Gasteiger partial charge on any atom is -0.337 e. The predicted octanol–water partition coefficient (Wildman–Crippen LogP) is 1.93. The van der Waals surface area contributed by atoms with Crippen LogP contribution in [-0.4, -0.2) is 48.3 Å². The summed E-state index contributed by atoms with van der Waals surface area (Å²) in [7, 11) is 1.78. The van der Waals surface area contributed by atoms with Gasteiger partial charge in [0.2, 0.25) is 5.16 Å². The van der Waals surface area contributed by atoms with Gasteiger partial charge >= 0.3 is 6.03 Å². The van der Waals surface area contributed by atoms with Crippen LogP contribution in [0, 0.1) is 13.8 Å². The number of urea groups is 1. The van der Waals surface area contributed by atoms with E-state index in [9.17, 15) is 4.79 Å². The maximum atomic E-state index is 12.0. The Balaban J connectivity index is 1.47.